The molecule has 0 saturated carbocycles. The molecule has 4 heteroatoms. The number of hydrogen-bond donors (Lipinski definition) is 0. The number of aromatic nitrogens is 4. The van der Waals surface area contributed by atoms with Crippen LogP contribution in [0, 0.1) is 0 Å². The number of benzene rings is 8. The molecule has 8 aromatic carbocycles. The largest absolute Gasteiger partial charge is 0.309 e. The Balaban J connectivity index is 1.14. The van der Waals surface area contributed by atoms with E-state index in [0.717, 1.165) is 22.4 Å². The topological polar surface area (TPSA) is 43.6 Å². The maximum atomic E-state index is 4.96. The van der Waals surface area contributed by atoms with E-state index in [1.54, 1.807) is 0 Å². The Kier molecular flexibility index (Phi) is 5.35. The lowest BCUT2D eigenvalue weighted by atomic mass is 9.93. The van der Waals surface area contributed by atoms with Crippen LogP contribution in [-0.2, 0) is 0 Å². The molecule has 0 fully saturated rings. The highest BCUT2D eigenvalue weighted by Crippen LogP contribution is 2.49. The molecule has 1 aliphatic rings. The Bertz CT molecular complexity index is 2900. The zero-order chi connectivity index (χ0) is 32.1. The summed E-state index contributed by atoms with van der Waals surface area (Å²) in [4.78, 5) is 14.8. The maximum absolute atomic E-state index is 4.96. The Morgan fingerprint density at radius 2 is 0.776 bits per heavy atom. The highest BCUT2D eigenvalue weighted by molar-refractivity contribution is 6.38. The Morgan fingerprint density at radius 3 is 1.39 bits per heavy atom. The Morgan fingerprint density at radius 1 is 0.306 bits per heavy atom. The van der Waals surface area contributed by atoms with Crippen molar-refractivity contribution in [2.45, 2.75) is 0 Å². The minimum atomic E-state index is 0.649. The van der Waals surface area contributed by atoms with Gasteiger partial charge in [-0.05, 0) is 74.5 Å². The third kappa shape index (κ3) is 3.77. The third-order valence-electron chi connectivity index (χ3n) is 10.1. The van der Waals surface area contributed by atoms with E-state index in [4.69, 9.17) is 15.0 Å². The van der Waals surface area contributed by atoms with Crippen LogP contribution in [0.25, 0.3) is 105 Å². The van der Waals surface area contributed by atoms with Crippen LogP contribution < -0.4 is 0 Å². The minimum absolute atomic E-state index is 0.649. The highest BCUT2D eigenvalue weighted by atomic mass is 15.0. The smallest absolute Gasteiger partial charge is 0.164 e. The lowest BCUT2D eigenvalue weighted by Gasteiger charge is -2.14. The Labute approximate surface area is 281 Å². The lowest BCUT2D eigenvalue weighted by Crippen LogP contribution is -2.00. The maximum Gasteiger partial charge on any atom is 0.164 e. The zero-order valence-electron chi connectivity index (χ0n) is 26.3. The van der Waals surface area contributed by atoms with E-state index in [1.807, 2.05) is 60.7 Å². The number of rotatable bonds is 4. The van der Waals surface area contributed by atoms with Gasteiger partial charge in [-0.1, -0.05) is 121 Å². The molecular formula is C45H26N4. The fourth-order valence-corrected chi connectivity index (χ4v) is 7.98. The quantitative estimate of drug-likeness (QED) is 0.183. The molecule has 4 nitrogen and oxygen atoms in total. The van der Waals surface area contributed by atoms with E-state index in [1.165, 1.54) is 65.3 Å². The molecule has 2 aromatic heterocycles. The van der Waals surface area contributed by atoms with Crippen LogP contribution in [0.1, 0.15) is 0 Å². The van der Waals surface area contributed by atoms with Gasteiger partial charge in [-0.15, -0.1) is 0 Å². The standard InChI is InChI=1S/C45H26N4/c1-3-9-30(10-4-1)43-46-44(31-11-5-2-6-12-31)48-45(47-43)32-21-24-33(25-22-32)49-36-16-8-15-35-34-14-7-13-27-17-18-28-19-20-29-23-26-37(49)42(41(35)36)40(29)39(28)38(27)34/h1-26H. The third-order valence-corrected chi connectivity index (χ3v) is 10.1. The van der Waals surface area contributed by atoms with Crippen LogP contribution in [0.3, 0.4) is 0 Å². The fraction of sp³-hybridized carbons (Fsp3) is 0. The van der Waals surface area contributed by atoms with Crippen molar-refractivity contribution in [3.63, 3.8) is 0 Å². The van der Waals surface area contributed by atoms with Crippen LogP contribution in [0.15, 0.2) is 158 Å². The minimum Gasteiger partial charge on any atom is -0.309 e. The van der Waals surface area contributed by atoms with Crippen LogP contribution >= 0.6 is 0 Å². The molecule has 0 spiro atoms. The second kappa shape index (κ2) is 9.93. The molecule has 0 bridgehead atoms. The summed E-state index contributed by atoms with van der Waals surface area (Å²) in [6.07, 6.45) is 0. The van der Waals surface area contributed by atoms with E-state index in [2.05, 4.69) is 102 Å². The molecule has 2 heterocycles. The van der Waals surface area contributed by atoms with Gasteiger partial charge in [0.15, 0.2) is 17.5 Å². The van der Waals surface area contributed by atoms with Gasteiger partial charge >= 0.3 is 0 Å². The molecule has 0 amide bonds. The van der Waals surface area contributed by atoms with Crippen LogP contribution in [0.2, 0.25) is 0 Å². The second-order valence-corrected chi connectivity index (χ2v) is 12.8. The monoisotopic (exact) mass is 622 g/mol. The van der Waals surface area contributed by atoms with Crippen LogP contribution in [0.5, 0.6) is 0 Å². The van der Waals surface area contributed by atoms with Gasteiger partial charge in [0.05, 0.1) is 11.0 Å². The van der Waals surface area contributed by atoms with E-state index in [-0.39, 0.29) is 0 Å². The second-order valence-electron chi connectivity index (χ2n) is 12.8. The summed E-state index contributed by atoms with van der Waals surface area (Å²) in [6, 6.07) is 56.1. The predicted molar refractivity (Wildman–Crippen MR) is 202 cm³/mol. The van der Waals surface area contributed by atoms with Crippen molar-refractivity contribution in [1.29, 1.82) is 0 Å². The van der Waals surface area contributed by atoms with Crippen LogP contribution in [0.4, 0.5) is 0 Å². The van der Waals surface area contributed by atoms with E-state index >= 15 is 0 Å². The average molecular weight is 623 g/mol. The molecule has 11 rings (SSSR count). The normalized spacial score (nSPS) is 12.1. The van der Waals surface area contributed by atoms with Crippen molar-refractivity contribution >= 4 is 54.1 Å². The summed E-state index contributed by atoms with van der Waals surface area (Å²) < 4.78 is 2.42. The van der Waals surface area contributed by atoms with E-state index in [0.29, 0.717) is 17.5 Å². The van der Waals surface area contributed by atoms with Crippen molar-refractivity contribution in [1.82, 2.24) is 19.5 Å². The van der Waals surface area contributed by atoms with E-state index in [9.17, 15) is 0 Å². The van der Waals surface area contributed by atoms with E-state index < -0.39 is 0 Å². The molecule has 10 aromatic rings. The fourth-order valence-electron chi connectivity index (χ4n) is 7.98. The van der Waals surface area contributed by atoms with Gasteiger partial charge in [0.25, 0.3) is 0 Å². The van der Waals surface area contributed by atoms with Crippen molar-refractivity contribution in [3.05, 3.63) is 158 Å². The van der Waals surface area contributed by atoms with Gasteiger partial charge in [0.1, 0.15) is 0 Å². The van der Waals surface area contributed by atoms with Crippen molar-refractivity contribution in [2.75, 3.05) is 0 Å². The highest BCUT2D eigenvalue weighted by Gasteiger charge is 2.24. The summed E-state index contributed by atoms with van der Waals surface area (Å²) >= 11 is 0. The number of hydrogen-bond acceptors (Lipinski definition) is 3. The Hall–Kier alpha value is -6.65. The first-order valence-corrected chi connectivity index (χ1v) is 16.6. The number of nitrogens with zero attached hydrogens (tertiary/aromatic N) is 4. The van der Waals surface area contributed by atoms with Gasteiger partial charge in [-0.2, -0.15) is 0 Å². The molecule has 0 N–H and O–H groups in total. The first-order valence-electron chi connectivity index (χ1n) is 16.6. The van der Waals surface area contributed by atoms with Crippen molar-refractivity contribution in [2.24, 2.45) is 0 Å². The molecule has 1 aliphatic carbocycles. The first kappa shape index (κ1) is 26.4. The average Bonchev–Trinajstić information content (AvgIpc) is 3.45. The van der Waals surface area contributed by atoms with Gasteiger partial charge in [-0.3, -0.25) is 0 Å². The summed E-state index contributed by atoms with van der Waals surface area (Å²) in [7, 11) is 0. The molecule has 226 valence electrons. The summed E-state index contributed by atoms with van der Waals surface area (Å²) in [5.74, 6) is 1.97. The van der Waals surface area contributed by atoms with Crippen molar-refractivity contribution in [3.8, 4) is 51.0 Å². The first-order chi connectivity index (χ1) is 24.3. The summed E-state index contributed by atoms with van der Waals surface area (Å²) in [5.41, 5.74) is 8.94. The molecule has 49 heavy (non-hydrogen) atoms. The molecule has 0 unspecified atom stereocenters. The number of fused-ring (bicyclic) bond motifs is 1. The van der Waals surface area contributed by atoms with Gasteiger partial charge in [0.2, 0.25) is 0 Å². The van der Waals surface area contributed by atoms with Crippen LogP contribution in [-0.4, -0.2) is 19.5 Å². The molecular weight excluding hydrogens is 597 g/mol. The molecule has 0 saturated heterocycles. The summed E-state index contributed by atoms with van der Waals surface area (Å²) in [6.45, 7) is 0. The predicted octanol–water partition coefficient (Wildman–Crippen LogP) is 11.4. The zero-order valence-corrected chi connectivity index (χ0v) is 26.3. The lowest BCUT2D eigenvalue weighted by molar-refractivity contribution is 1.07. The van der Waals surface area contributed by atoms with Crippen molar-refractivity contribution < 1.29 is 0 Å². The van der Waals surface area contributed by atoms with Gasteiger partial charge in [0, 0.05) is 38.5 Å². The molecule has 0 aliphatic heterocycles. The SMILES string of the molecule is c1ccc(-c2nc(-c3ccccc3)nc(-c3ccc(-n4c5cccc6c5c5c7c(ccc8ccc9cccc-6c9c87)ccc54)cc3)n2)cc1. The molecule has 0 atom stereocenters. The molecule has 0 radical (unpaired) electrons. The van der Waals surface area contributed by atoms with Gasteiger partial charge in [-0.25, -0.2) is 15.0 Å². The summed E-state index contributed by atoms with van der Waals surface area (Å²) in [5, 5.41) is 10.5. The van der Waals surface area contributed by atoms with Gasteiger partial charge < -0.3 is 4.57 Å².